The second kappa shape index (κ2) is 28.8. The van der Waals surface area contributed by atoms with Gasteiger partial charge in [-0.1, -0.05) is 95.1 Å². The highest BCUT2D eigenvalue weighted by Crippen LogP contribution is 2.31. The summed E-state index contributed by atoms with van der Waals surface area (Å²) in [6, 6.07) is 7.56. The summed E-state index contributed by atoms with van der Waals surface area (Å²) in [4.78, 5) is 74.5. The molecule has 1 aliphatic heterocycles. The maximum atomic E-state index is 14.5. The van der Waals surface area contributed by atoms with E-state index in [4.69, 9.17) is 19.3 Å². The molecule has 0 spiro atoms. The van der Waals surface area contributed by atoms with Crippen molar-refractivity contribution in [1.82, 2.24) is 39.3 Å². The molecule has 0 aliphatic carbocycles. The van der Waals surface area contributed by atoms with Crippen LogP contribution in [0.15, 0.2) is 46.7 Å². The average molecular weight is 1000 g/mol. The number of sulfonamides is 1. The Morgan fingerprint density at radius 1 is 0.957 bits per heavy atom. The van der Waals surface area contributed by atoms with E-state index in [-0.39, 0.29) is 74.0 Å². The van der Waals surface area contributed by atoms with Gasteiger partial charge in [0.15, 0.2) is 12.6 Å². The molecule has 2 heterocycles. The van der Waals surface area contributed by atoms with Crippen molar-refractivity contribution >= 4 is 45.2 Å². The summed E-state index contributed by atoms with van der Waals surface area (Å²) in [5, 5.41) is 12.2. The van der Waals surface area contributed by atoms with Crippen molar-refractivity contribution in [2.24, 2.45) is 33.8 Å². The van der Waals surface area contributed by atoms with Crippen LogP contribution in [0.3, 0.4) is 0 Å². The Morgan fingerprint density at radius 3 is 2.21 bits per heavy atom. The summed E-state index contributed by atoms with van der Waals surface area (Å²) in [5.41, 5.74) is 2.18. The number of likely N-dealkylation sites (N-methyl/N-ethyl adjacent to an activating group) is 1. The maximum Gasteiger partial charge on any atom is 0.247 e. The summed E-state index contributed by atoms with van der Waals surface area (Å²) in [7, 11) is 8.29. The van der Waals surface area contributed by atoms with E-state index < -0.39 is 58.1 Å². The van der Waals surface area contributed by atoms with Gasteiger partial charge in [-0.2, -0.15) is 0 Å². The number of Topliss-reactive ketones (excluding diaryl/α,β-unsaturated/α-hetero) is 1. The lowest BCUT2D eigenvalue weighted by Crippen LogP contribution is -2.55. The molecule has 0 saturated carbocycles. The molecule has 3 rings (SSSR count). The smallest absolute Gasteiger partial charge is 0.247 e. The van der Waals surface area contributed by atoms with Gasteiger partial charge in [0.05, 0.1) is 48.4 Å². The first-order chi connectivity index (χ1) is 33.1. The third-order valence-corrected chi connectivity index (χ3v) is 14.5. The van der Waals surface area contributed by atoms with Crippen LogP contribution in [0.5, 0.6) is 0 Å². The SMILES string of the molecule is CCC/C(C)=N/OCc1cn(CCCS(=O)(=O)NC(=O)[C@@H](CC(=O)[C@H](C)[C@@H](OC)[C@@H]2CCCN2C(=O)C[C@@H](OC)[C@H]([C@@H](C)CC)N(C)C(=O)[C@@H](N=C(N(C)C)N(C)C)C(C)C)Cc2ccccc2)nn1. The van der Waals surface area contributed by atoms with Gasteiger partial charge in [-0.25, -0.2) is 13.4 Å². The topological polar surface area (TPSA) is 211 Å². The first kappa shape index (κ1) is 59.4. The Hall–Kier alpha value is -4.95. The number of nitrogens with zero attached hydrogens (tertiary/aromatic N) is 9. The molecule has 20 heteroatoms. The number of amides is 3. The van der Waals surface area contributed by atoms with Crippen LogP contribution in [0.2, 0.25) is 0 Å². The number of benzene rings is 1. The zero-order valence-corrected chi connectivity index (χ0v) is 45.3. The number of nitrogens with one attached hydrogen (secondary N) is 1. The van der Waals surface area contributed by atoms with Crippen molar-refractivity contribution in [2.45, 2.75) is 150 Å². The number of aromatic nitrogens is 3. The number of methoxy groups -OCH3 is 2. The van der Waals surface area contributed by atoms with Gasteiger partial charge in [-0.3, -0.25) is 28.6 Å². The van der Waals surface area contributed by atoms with Crippen LogP contribution < -0.4 is 4.72 Å². The summed E-state index contributed by atoms with van der Waals surface area (Å²) < 4.78 is 42.5. The molecule has 3 amide bonds. The van der Waals surface area contributed by atoms with Crippen molar-refractivity contribution < 1.29 is 41.9 Å². The maximum absolute atomic E-state index is 14.5. The highest BCUT2D eigenvalue weighted by molar-refractivity contribution is 7.90. The zero-order valence-electron chi connectivity index (χ0n) is 44.5. The number of hydrogen-bond donors (Lipinski definition) is 1. The molecule has 1 saturated heterocycles. The summed E-state index contributed by atoms with van der Waals surface area (Å²) in [5.74, 6) is -3.01. The molecule has 2 aromatic rings. The van der Waals surface area contributed by atoms with Crippen LogP contribution in [0.25, 0.3) is 0 Å². The number of guanidine groups is 1. The van der Waals surface area contributed by atoms with Gasteiger partial charge in [-0.05, 0) is 56.4 Å². The fourth-order valence-electron chi connectivity index (χ4n) is 9.21. The number of ketones is 1. The van der Waals surface area contributed by atoms with E-state index in [0.29, 0.717) is 31.0 Å². The normalized spacial score (nSPS) is 17.2. The van der Waals surface area contributed by atoms with Gasteiger partial charge >= 0.3 is 0 Å². The first-order valence-corrected chi connectivity index (χ1v) is 26.4. The Bertz CT molecular complexity index is 2120. The van der Waals surface area contributed by atoms with Crippen molar-refractivity contribution in [2.75, 3.05) is 61.8 Å². The number of rotatable bonds is 29. The average Bonchev–Trinajstić information content (AvgIpc) is 3.98. The van der Waals surface area contributed by atoms with Gasteiger partial charge in [0.25, 0.3) is 0 Å². The largest absolute Gasteiger partial charge is 0.389 e. The lowest BCUT2D eigenvalue weighted by Gasteiger charge is -2.40. The molecule has 70 heavy (non-hydrogen) atoms. The van der Waals surface area contributed by atoms with E-state index in [9.17, 15) is 27.6 Å². The lowest BCUT2D eigenvalue weighted by atomic mass is 9.85. The molecular formula is C50H84N10O9S. The molecular weight excluding hydrogens is 917 g/mol. The van der Waals surface area contributed by atoms with Crippen molar-refractivity contribution in [3.63, 3.8) is 0 Å². The van der Waals surface area contributed by atoms with Crippen LogP contribution in [-0.4, -0.2) is 170 Å². The van der Waals surface area contributed by atoms with Crippen LogP contribution >= 0.6 is 0 Å². The Kier molecular flexibility index (Phi) is 24.4. The van der Waals surface area contributed by atoms with E-state index in [1.54, 1.807) is 37.1 Å². The number of aryl methyl sites for hydroxylation is 1. The fourth-order valence-corrected chi connectivity index (χ4v) is 10.3. The third kappa shape index (κ3) is 17.7. The molecule has 1 N–H and O–H groups in total. The Morgan fingerprint density at radius 2 is 1.63 bits per heavy atom. The molecule has 0 bridgehead atoms. The number of carbonyl (C=O) groups is 4. The van der Waals surface area contributed by atoms with Crippen LogP contribution in [0.4, 0.5) is 0 Å². The van der Waals surface area contributed by atoms with E-state index in [2.05, 4.69) is 34.0 Å². The minimum Gasteiger partial charge on any atom is -0.389 e. The second-order valence-corrected chi connectivity index (χ2v) is 21.4. The quantitative estimate of drug-likeness (QED) is 0.0644. The predicted molar refractivity (Wildman–Crippen MR) is 272 cm³/mol. The molecule has 0 unspecified atom stereocenters. The number of ether oxygens (including phenoxy) is 2. The van der Waals surface area contributed by atoms with Crippen molar-refractivity contribution in [3.8, 4) is 0 Å². The summed E-state index contributed by atoms with van der Waals surface area (Å²) in [6.07, 6.45) is 4.09. The molecule has 8 atom stereocenters. The summed E-state index contributed by atoms with van der Waals surface area (Å²) >= 11 is 0. The Balaban J connectivity index is 1.76. The van der Waals surface area contributed by atoms with E-state index in [0.717, 1.165) is 30.5 Å². The molecule has 19 nitrogen and oxygen atoms in total. The minimum atomic E-state index is -4.10. The van der Waals surface area contributed by atoms with Gasteiger partial charge in [-0.15, -0.1) is 5.10 Å². The second-order valence-electron chi connectivity index (χ2n) is 19.5. The molecule has 394 valence electrons. The fraction of sp³-hybridized carbons (Fsp3) is 0.720. The van der Waals surface area contributed by atoms with E-state index >= 15 is 0 Å². The van der Waals surface area contributed by atoms with Gasteiger partial charge < -0.3 is 33.9 Å². The van der Waals surface area contributed by atoms with E-state index in [1.165, 1.54) is 11.8 Å². The van der Waals surface area contributed by atoms with Gasteiger partial charge in [0.1, 0.15) is 17.5 Å². The number of carbonyl (C=O) groups excluding carboxylic acids is 4. The monoisotopic (exact) mass is 1000 g/mol. The first-order valence-electron chi connectivity index (χ1n) is 24.8. The summed E-state index contributed by atoms with van der Waals surface area (Å²) in [6.45, 7) is 14.5. The van der Waals surface area contributed by atoms with Crippen molar-refractivity contribution in [1.29, 1.82) is 0 Å². The highest BCUT2D eigenvalue weighted by atomic mass is 32.2. The van der Waals surface area contributed by atoms with Crippen LogP contribution in [0, 0.1) is 23.7 Å². The number of aliphatic imine (C=N–C) groups is 1. The number of hydrogen-bond acceptors (Lipinski definition) is 13. The molecule has 1 fully saturated rings. The highest BCUT2D eigenvalue weighted by Gasteiger charge is 2.43. The lowest BCUT2D eigenvalue weighted by molar-refractivity contribution is -0.146. The number of likely N-dealkylation sites (tertiary alicyclic amines) is 1. The van der Waals surface area contributed by atoms with Crippen LogP contribution in [-0.2, 0) is 63.1 Å². The van der Waals surface area contributed by atoms with Crippen LogP contribution in [0.1, 0.15) is 111 Å². The minimum absolute atomic E-state index is 0.00820. The number of oxime groups is 1. The standard InChI is InChI=1S/C50H84N10O9S/c1-15-22-36(6)53-69-33-40-32-59(55-52-40)26-21-28-70(65,66)54-48(63)39(29-38-23-18-17-19-24-38)30-42(61)37(7)47(68-14)41-25-20-27-60(41)44(62)31-43(67-13)46(35(5)16-2)58(12)49(64)45(34(3)4)51-50(56(8)9)57(10)11/h17-19,23-24,32,34-35,37,39,41,43,45-47H,15-16,20-22,25-31,33H2,1-14H3,(H,54,63)/b53-36+/t35-,37-,39+,41-,43+,45-,46-,47+/m0/s1. The zero-order chi connectivity index (χ0) is 52.3. The predicted octanol–water partition coefficient (Wildman–Crippen LogP) is 5.05. The van der Waals surface area contributed by atoms with E-state index in [1.807, 2.05) is 96.0 Å². The third-order valence-electron chi connectivity index (χ3n) is 13.1. The molecule has 0 radical (unpaired) electrons. The Labute approximate surface area is 418 Å². The molecule has 1 aromatic carbocycles. The molecule has 1 aliphatic rings. The molecule has 1 aromatic heterocycles. The van der Waals surface area contributed by atoms with Crippen molar-refractivity contribution in [3.05, 3.63) is 47.8 Å². The van der Waals surface area contributed by atoms with Gasteiger partial charge in [0.2, 0.25) is 27.7 Å². The van der Waals surface area contributed by atoms with Gasteiger partial charge in [0, 0.05) is 80.8 Å².